The Morgan fingerprint density at radius 2 is 2.25 bits per heavy atom. The van der Waals surface area contributed by atoms with E-state index in [1.807, 2.05) is 30.1 Å². The molecule has 6 nitrogen and oxygen atoms in total. The summed E-state index contributed by atoms with van der Waals surface area (Å²) in [5.74, 6) is 0.0994. The van der Waals surface area contributed by atoms with E-state index in [-0.39, 0.29) is 6.61 Å². The second-order valence-corrected chi connectivity index (χ2v) is 4.71. The van der Waals surface area contributed by atoms with Crippen LogP contribution in [0.5, 0.6) is 5.75 Å². The van der Waals surface area contributed by atoms with Gasteiger partial charge in [0.25, 0.3) is 5.91 Å². The molecule has 0 radical (unpaired) electrons. The van der Waals surface area contributed by atoms with Crippen molar-refractivity contribution in [3.8, 4) is 5.75 Å². The van der Waals surface area contributed by atoms with Gasteiger partial charge < -0.3 is 20.3 Å². The summed E-state index contributed by atoms with van der Waals surface area (Å²) in [6.45, 7) is 1.35. The van der Waals surface area contributed by atoms with Crippen LogP contribution < -0.4 is 10.5 Å². The van der Waals surface area contributed by atoms with Crippen LogP contribution in [0.3, 0.4) is 0 Å². The Hall–Kier alpha value is -1.63. The molecular weight excluding hydrogens is 260 g/mol. The minimum Gasteiger partial charge on any atom is -0.484 e. The van der Waals surface area contributed by atoms with Gasteiger partial charge in [-0.05, 0) is 24.7 Å². The number of methoxy groups -OCH3 is 1. The molecule has 3 N–H and O–H groups in total. The van der Waals surface area contributed by atoms with Crippen LogP contribution in [0.2, 0.25) is 0 Å². The van der Waals surface area contributed by atoms with Crippen LogP contribution in [0.1, 0.15) is 5.56 Å². The Balaban J connectivity index is 2.50. The second-order valence-electron chi connectivity index (χ2n) is 4.71. The van der Waals surface area contributed by atoms with E-state index >= 15 is 0 Å². The predicted molar refractivity (Wildman–Crippen MR) is 75.3 cm³/mol. The Morgan fingerprint density at radius 3 is 2.90 bits per heavy atom. The molecular formula is C14H22N2O4. The zero-order valence-corrected chi connectivity index (χ0v) is 11.9. The lowest BCUT2D eigenvalue weighted by Gasteiger charge is -2.20. The number of hydrogen-bond acceptors (Lipinski definition) is 5. The highest BCUT2D eigenvalue weighted by atomic mass is 16.5. The largest absolute Gasteiger partial charge is 0.484 e. The molecule has 0 aliphatic heterocycles. The highest BCUT2D eigenvalue weighted by molar-refractivity contribution is 5.75. The number of amides is 1. The molecule has 0 aliphatic carbocycles. The molecule has 0 saturated carbocycles. The molecule has 1 aromatic carbocycles. The molecule has 0 aromatic heterocycles. The lowest BCUT2D eigenvalue weighted by molar-refractivity contribution is -0.119. The van der Waals surface area contributed by atoms with Crippen LogP contribution in [-0.2, 0) is 16.1 Å². The van der Waals surface area contributed by atoms with Gasteiger partial charge in [0.05, 0.1) is 12.7 Å². The molecule has 6 heteroatoms. The Kier molecular flexibility index (Phi) is 7.00. The first-order valence-corrected chi connectivity index (χ1v) is 6.37. The van der Waals surface area contributed by atoms with Crippen molar-refractivity contribution in [1.29, 1.82) is 0 Å². The fraction of sp³-hybridized carbons (Fsp3) is 0.500. The van der Waals surface area contributed by atoms with E-state index in [0.717, 1.165) is 5.56 Å². The number of carbonyl (C=O) groups excluding carboxylic acids is 1. The van der Waals surface area contributed by atoms with Crippen LogP contribution in [0.15, 0.2) is 24.3 Å². The van der Waals surface area contributed by atoms with Crippen molar-refractivity contribution in [2.45, 2.75) is 12.6 Å². The fourth-order valence-corrected chi connectivity index (χ4v) is 1.87. The topological polar surface area (TPSA) is 85.0 Å². The lowest BCUT2D eigenvalue weighted by Crippen LogP contribution is -2.31. The quantitative estimate of drug-likeness (QED) is 0.665. The number of nitrogens with two attached hydrogens (primary N) is 1. The molecule has 0 aliphatic rings. The first-order valence-electron chi connectivity index (χ1n) is 6.37. The van der Waals surface area contributed by atoms with E-state index in [4.69, 9.17) is 15.2 Å². The number of primary amides is 1. The zero-order chi connectivity index (χ0) is 15.0. The maximum Gasteiger partial charge on any atom is 0.255 e. The maximum absolute atomic E-state index is 10.7. The third kappa shape index (κ3) is 6.51. The standard InChI is InChI=1S/C14H22N2O4/c1-16(8-12(17)9-19-2)7-11-4-3-5-13(6-11)20-10-14(15)18/h3-6,12,17H,7-10H2,1-2H3,(H2,15,18). The summed E-state index contributed by atoms with van der Waals surface area (Å²) in [7, 11) is 3.47. The molecule has 0 fully saturated rings. The predicted octanol–water partition coefficient (Wildman–Crippen LogP) is -0.0102. The first-order chi connectivity index (χ1) is 9.51. The monoisotopic (exact) mass is 282 g/mol. The Morgan fingerprint density at radius 1 is 1.50 bits per heavy atom. The number of likely N-dealkylation sites (N-methyl/N-ethyl adjacent to an activating group) is 1. The Bertz CT molecular complexity index is 425. The van der Waals surface area contributed by atoms with Gasteiger partial charge >= 0.3 is 0 Å². The molecule has 1 aromatic rings. The maximum atomic E-state index is 10.7. The molecule has 1 unspecified atom stereocenters. The highest BCUT2D eigenvalue weighted by Crippen LogP contribution is 2.14. The van der Waals surface area contributed by atoms with E-state index in [9.17, 15) is 9.90 Å². The Labute approximate surface area is 119 Å². The smallest absolute Gasteiger partial charge is 0.255 e. The summed E-state index contributed by atoms with van der Waals surface area (Å²) >= 11 is 0. The number of benzene rings is 1. The van der Waals surface area contributed by atoms with E-state index in [1.54, 1.807) is 13.2 Å². The highest BCUT2D eigenvalue weighted by Gasteiger charge is 2.08. The van der Waals surface area contributed by atoms with Crippen LogP contribution >= 0.6 is 0 Å². The summed E-state index contributed by atoms with van der Waals surface area (Å²) in [4.78, 5) is 12.7. The van der Waals surface area contributed by atoms with E-state index < -0.39 is 12.0 Å². The number of nitrogens with zero attached hydrogens (tertiary/aromatic N) is 1. The minimum atomic E-state index is -0.515. The van der Waals surface area contributed by atoms with E-state index in [1.165, 1.54) is 0 Å². The minimum absolute atomic E-state index is 0.133. The molecule has 1 amide bonds. The number of ether oxygens (including phenoxy) is 2. The van der Waals surface area contributed by atoms with Gasteiger partial charge in [-0.2, -0.15) is 0 Å². The molecule has 0 saturated heterocycles. The zero-order valence-electron chi connectivity index (χ0n) is 11.9. The summed E-state index contributed by atoms with van der Waals surface area (Å²) in [5, 5.41) is 9.65. The average molecular weight is 282 g/mol. The van der Waals surface area contributed by atoms with Gasteiger partial charge in [0, 0.05) is 20.2 Å². The van der Waals surface area contributed by atoms with E-state index in [2.05, 4.69) is 0 Å². The summed E-state index contributed by atoms with van der Waals surface area (Å²) < 4.78 is 10.1. The van der Waals surface area contributed by atoms with Crippen LogP contribution in [0.4, 0.5) is 0 Å². The molecule has 1 rings (SSSR count). The van der Waals surface area contributed by atoms with Crippen molar-refractivity contribution in [2.24, 2.45) is 5.73 Å². The van der Waals surface area contributed by atoms with Crippen molar-refractivity contribution in [1.82, 2.24) is 4.90 Å². The second kappa shape index (κ2) is 8.52. The SMILES string of the molecule is COCC(O)CN(C)Cc1cccc(OCC(N)=O)c1. The van der Waals surface area contributed by atoms with Gasteiger partial charge in [-0.1, -0.05) is 12.1 Å². The summed E-state index contributed by atoms with van der Waals surface area (Å²) in [5.41, 5.74) is 6.06. The van der Waals surface area contributed by atoms with Gasteiger partial charge in [0.1, 0.15) is 5.75 Å². The van der Waals surface area contributed by atoms with Gasteiger partial charge in [-0.15, -0.1) is 0 Å². The van der Waals surface area contributed by atoms with Crippen molar-refractivity contribution in [3.05, 3.63) is 29.8 Å². The van der Waals surface area contributed by atoms with Gasteiger partial charge in [-0.3, -0.25) is 9.69 Å². The van der Waals surface area contributed by atoms with Gasteiger partial charge in [0.2, 0.25) is 0 Å². The number of rotatable bonds is 9. The average Bonchev–Trinajstić information content (AvgIpc) is 2.36. The fourth-order valence-electron chi connectivity index (χ4n) is 1.87. The van der Waals surface area contributed by atoms with Gasteiger partial charge in [0.15, 0.2) is 6.61 Å². The molecule has 1 atom stereocenters. The molecule has 112 valence electrons. The lowest BCUT2D eigenvalue weighted by atomic mass is 10.2. The van der Waals surface area contributed by atoms with Crippen molar-refractivity contribution < 1.29 is 19.4 Å². The molecule has 0 bridgehead atoms. The summed E-state index contributed by atoms with van der Waals surface area (Å²) in [6.07, 6.45) is -0.515. The molecule has 20 heavy (non-hydrogen) atoms. The first kappa shape index (κ1) is 16.4. The van der Waals surface area contributed by atoms with Crippen molar-refractivity contribution >= 4 is 5.91 Å². The molecule has 0 spiro atoms. The number of carbonyl (C=O) groups is 1. The van der Waals surface area contributed by atoms with Crippen molar-refractivity contribution in [3.63, 3.8) is 0 Å². The van der Waals surface area contributed by atoms with Crippen LogP contribution in [-0.4, -0.2) is 55.9 Å². The number of hydrogen-bond donors (Lipinski definition) is 2. The summed E-state index contributed by atoms with van der Waals surface area (Å²) in [6, 6.07) is 7.43. The number of aliphatic hydroxyl groups excluding tert-OH is 1. The van der Waals surface area contributed by atoms with Gasteiger partial charge in [-0.25, -0.2) is 0 Å². The third-order valence-electron chi connectivity index (χ3n) is 2.61. The molecule has 0 heterocycles. The van der Waals surface area contributed by atoms with Crippen LogP contribution in [0, 0.1) is 0 Å². The van der Waals surface area contributed by atoms with E-state index in [0.29, 0.717) is 25.4 Å². The van der Waals surface area contributed by atoms with Crippen LogP contribution in [0.25, 0.3) is 0 Å². The van der Waals surface area contributed by atoms with Crippen molar-refractivity contribution in [2.75, 3.05) is 33.9 Å². The third-order valence-corrected chi connectivity index (χ3v) is 2.61. The normalized spacial score (nSPS) is 12.4. The number of aliphatic hydroxyl groups is 1.